The summed E-state index contributed by atoms with van der Waals surface area (Å²) < 4.78 is 12.4. The summed E-state index contributed by atoms with van der Waals surface area (Å²) in [5.74, 6) is 1.07. The van der Waals surface area contributed by atoms with Crippen LogP contribution in [0.3, 0.4) is 0 Å². The third-order valence-corrected chi connectivity index (χ3v) is 6.97. The molecule has 4 heteroatoms. The molecule has 0 aliphatic carbocycles. The van der Waals surface area contributed by atoms with E-state index in [-0.39, 0.29) is 0 Å². The number of unbranched alkanes of at least 4 members (excludes halogenated alkanes) is 2. The van der Waals surface area contributed by atoms with Gasteiger partial charge in [0, 0.05) is 11.1 Å². The Kier molecular flexibility index (Phi) is 9.22. The van der Waals surface area contributed by atoms with E-state index >= 15 is 0 Å². The second-order valence-corrected chi connectivity index (χ2v) is 9.55. The van der Waals surface area contributed by atoms with Crippen LogP contribution in [0, 0.1) is 0 Å². The minimum atomic E-state index is -1.93. The van der Waals surface area contributed by atoms with E-state index in [0.29, 0.717) is 47.0 Å². The highest BCUT2D eigenvalue weighted by Gasteiger charge is 2.56. The van der Waals surface area contributed by atoms with Crippen molar-refractivity contribution < 1.29 is 19.7 Å². The predicted molar refractivity (Wildman–Crippen MR) is 153 cm³/mol. The molecule has 0 amide bonds. The van der Waals surface area contributed by atoms with Crippen LogP contribution >= 0.6 is 0 Å². The summed E-state index contributed by atoms with van der Waals surface area (Å²) >= 11 is 0. The van der Waals surface area contributed by atoms with Crippen LogP contribution < -0.4 is 9.47 Å². The summed E-state index contributed by atoms with van der Waals surface area (Å²) in [6, 6.07) is 33.6. The third kappa shape index (κ3) is 5.33. The highest BCUT2D eigenvalue weighted by Crippen LogP contribution is 2.53. The molecular weight excluding hydrogens is 472 g/mol. The normalized spacial score (nSPS) is 14.3. The fourth-order valence-corrected chi connectivity index (χ4v) is 4.91. The largest absolute Gasteiger partial charge is 0.493 e. The first kappa shape index (κ1) is 27.4. The Morgan fingerprint density at radius 3 is 1.21 bits per heavy atom. The standard InChI is InChI=1S/C34H38O4/c1-3-5-25-37-31-23-15-13-21-29(31)33(35,27-17-9-7-10-18-27)34(36,28-19-11-8-12-20-28)30-22-14-16-24-32(30)38-26-6-4-2/h7-24,35-36H,3-6,25-26H2,1-2H3/t33-,34+. The van der Waals surface area contributed by atoms with Gasteiger partial charge < -0.3 is 19.7 Å². The molecule has 0 aliphatic rings. The van der Waals surface area contributed by atoms with Crippen LogP contribution in [0.25, 0.3) is 0 Å². The summed E-state index contributed by atoms with van der Waals surface area (Å²) in [5, 5.41) is 26.3. The Morgan fingerprint density at radius 2 is 0.842 bits per heavy atom. The molecule has 2 atom stereocenters. The molecular formula is C34H38O4. The van der Waals surface area contributed by atoms with Crippen LogP contribution in [0.5, 0.6) is 11.5 Å². The van der Waals surface area contributed by atoms with Gasteiger partial charge in [0.2, 0.25) is 0 Å². The van der Waals surface area contributed by atoms with Crippen molar-refractivity contribution in [3.05, 3.63) is 131 Å². The predicted octanol–water partition coefficient (Wildman–Crippen LogP) is 7.22. The SMILES string of the molecule is CCCCOc1ccccc1[C@](O)(c1ccccc1)[C@](O)(c1ccccc1)c1ccccc1OCCCC. The Bertz CT molecular complexity index is 1170. The molecule has 0 saturated heterocycles. The lowest BCUT2D eigenvalue weighted by Crippen LogP contribution is -2.51. The van der Waals surface area contributed by atoms with Crippen molar-refractivity contribution in [2.24, 2.45) is 0 Å². The van der Waals surface area contributed by atoms with E-state index in [9.17, 15) is 10.2 Å². The smallest absolute Gasteiger partial charge is 0.155 e. The maximum absolute atomic E-state index is 13.1. The second-order valence-electron chi connectivity index (χ2n) is 9.55. The van der Waals surface area contributed by atoms with Gasteiger partial charge >= 0.3 is 0 Å². The van der Waals surface area contributed by atoms with Crippen LogP contribution in [0.1, 0.15) is 61.8 Å². The Balaban J connectivity index is 2.04. The summed E-state index contributed by atoms with van der Waals surface area (Å²) in [6.07, 6.45) is 3.74. The second kappa shape index (κ2) is 12.8. The number of hydrogen-bond donors (Lipinski definition) is 2. The summed E-state index contributed by atoms with van der Waals surface area (Å²) in [4.78, 5) is 0. The van der Waals surface area contributed by atoms with Crippen molar-refractivity contribution in [3.63, 3.8) is 0 Å². The molecule has 0 heterocycles. The van der Waals surface area contributed by atoms with Gasteiger partial charge in [-0.2, -0.15) is 0 Å². The molecule has 4 aromatic carbocycles. The molecule has 198 valence electrons. The van der Waals surface area contributed by atoms with E-state index in [1.165, 1.54) is 0 Å². The molecule has 0 saturated carbocycles. The molecule has 0 aliphatic heterocycles. The first-order chi connectivity index (χ1) is 18.6. The molecule has 0 aromatic heterocycles. The molecule has 4 aromatic rings. The van der Waals surface area contributed by atoms with E-state index < -0.39 is 11.2 Å². The topological polar surface area (TPSA) is 58.9 Å². The number of benzene rings is 4. The van der Waals surface area contributed by atoms with Crippen molar-refractivity contribution in [3.8, 4) is 11.5 Å². The van der Waals surface area contributed by atoms with E-state index in [1.807, 2.05) is 109 Å². The van der Waals surface area contributed by atoms with Gasteiger partial charge in [-0.05, 0) is 36.1 Å². The minimum Gasteiger partial charge on any atom is -0.493 e. The number of hydrogen-bond acceptors (Lipinski definition) is 4. The van der Waals surface area contributed by atoms with Crippen LogP contribution in [0.2, 0.25) is 0 Å². The first-order valence-electron chi connectivity index (χ1n) is 13.6. The fourth-order valence-electron chi connectivity index (χ4n) is 4.91. The van der Waals surface area contributed by atoms with E-state index in [0.717, 1.165) is 25.7 Å². The van der Waals surface area contributed by atoms with Gasteiger partial charge in [0.25, 0.3) is 0 Å². The molecule has 4 nitrogen and oxygen atoms in total. The van der Waals surface area contributed by atoms with Gasteiger partial charge in [-0.25, -0.2) is 0 Å². The van der Waals surface area contributed by atoms with Crippen LogP contribution in [-0.2, 0) is 11.2 Å². The van der Waals surface area contributed by atoms with Crippen molar-refractivity contribution in [1.82, 2.24) is 0 Å². The highest BCUT2D eigenvalue weighted by atomic mass is 16.5. The van der Waals surface area contributed by atoms with E-state index in [4.69, 9.17) is 9.47 Å². The Labute approximate surface area is 226 Å². The molecule has 2 N–H and O–H groups in total. The Morgan fingerprint density at radius 1 is 0.500 bits per heavy atom. The van der Waals surface area contributed by atoms with Gasteiger partial charge in [0.15, 0.2) is 11.2 Å². The number of aliphatic hydroxyl groups is 2. The molecule has 4 rings (SSSR count). The average Bonchev–Trinajstić information content (AvgIpc) is 2.98. The van der Waals surface area contributed by atoms with Crippen LogP contribution in [-0.4, -0.2) is 23.4 Å². The number of rotatable bonds is 13. The van der Waals surface area contributed by atoms with Gasteiger partial charge in [-0.1, -0.05) is 124 Å². The lowest BCUT2D eigenvalue weighted by atomic mass is 9.66. The zero-order chi connectivity index (χ0) is 26.8. The molecule has 0 spiro atoms. The number of ether oxygens (including phenoxy) is 2. The van der Waals surface area contributed by atoms with Crippen molar-refractivity contribution in [1.29, 1.82) is 0 Å². The maximum Gasteiger partial charge on any atom is 0.155 e. The monoisotopic (exact) mass is 510 g/mol. The lowest BCUT2D eigenvalue weighted by molar-refractivity contribution is -0.115. The minimum absolute atomic E-state index is 0.483. The van der Waals surface area contributed by atoms with Crippen LogP contribution in [0.15, 0.2) is 109 Å². The van der Waals surface area contributed by atoms with Crippen LogP contribution in [0.4, 0.5) is 0 Å². The van der Waals surface area contributed by atoms with Crippen molar-refractivity contribution in [2.45, 2.75) is 50.7 Å². The molecule has 0 radical (unpaired) electrons. The summed E-state index contributed by atoms with van der Waals surface area (Å²) in [6.45, 7) is 5.25. The highest BCUT2D eigenvalue weighted by molar-refractivity contribution is 5.57. The quantitative estimate of drug-likeness (QED) is 0.187. The zero-order valence-electron chi connectivity index (χ0n) is 22.3. The molecule has 0 bridgehead atoms. The van der Waals surface area contributed by atoms with Gasteiger partial charge in [-0.3, -0.25) is 0 Å². The molecule has 0 fully saturated rings. The van der Waals surface area contributed by atoms with E-state index in [1.54, 1.807) is 0 Å². The van der Waals surface area contributed by atoms with Gasteiger partial charge in [0.05, 0.1) is 13.2 Å². The first-order valence-corrected chi connectivity index (χ1v) is 13.6. The lowest BCUT2D eigenvalue weighted by Gasteiger charge is -2.46. The zero-order valence-corrected chi connectivity index (χ0v) is 22.3. The van der Waals surface area contributed by atoms with E-state index in [2.05, 4.69) is 13.8 Å². The molecule has 0 unspecified atom stereocenters. The maximum atomic E-state index is 13.1. The van der Waals surface area contributed by atoms with Gasteiger partial charge in [0.1, 0.15) is 11.5 Å². The number of para-hydroxylation sites is 2. The summed E-state index contributed by atoms with van der Waals surface area (Å²) in [5.41, 5.74) is -1.80. The summed E-state index contributed by atoms with van der Waals surface area (Å²) in [7, 11) is 0. The van der Waals surface area contributed by atoms with Crippen molar-refractivity contribution in [2.75, 3.05) is 13.2 Å². The van der Waals surface area contributed by atoms with Gasteiger partial charge in [-0.15, -0.1) is 0 Å². The molecule has 38 heavy (non-hydrogen) atoms. The fraction of sp³-hybridized carbons (Fsp3) is 0.294. The Hall–Kier alpha value is -3.60. The average molecular weight is 511 g/mol. The van der Waals surface area contributed by atoms with Crippen molar-refractivity contribution >= 4 is 0 Å². The third-order valence-electron chi connectivity index (χ3n) is 6.97.